The minimum atomic E-state index is -1.10. The van der Waals surface area contributed by atoms with E-state index in [0.29, 0.717) is 6.54 Å². The zero-order valence-electron chi connectivity index (χ0n) is 11.2. The van der Waals surface area contributed by atoms with E-state index in [1.165, 1.54) is 0 Å². The highest BCUT2D eigenvalue weighted by atomic mass is 16.4. The van der Waals surface area contributed by atoms with E-state index in [0.717, 1.165) is 31.5 Å². The van der Waals surface area contributed by atoms with Gasteiger partial charge in [0, 0.05) is 31.4 Å². The first-order chi connectivity index (χ1) is 9.02. The van der Waals surface area contributed by atoms with Crippen LogP contribution >= 0.6 is 0 Å². The molecule has 1 atom stereocenters. The van der Waals surface area contributed by atoms with Gasteiger partial charge in [0.05, 0.1) is 0 Å². The number of carbonyl (C=O) groups is 1. The summed E-state index contributed by atoms with van der Waals surface area (Å²) in [7, 11) is 1.91. The summed E-state index contributed by atoms with van der Waals surface area (Å²) in [4.78, 5) is 17.6. The van der Waals surface area contributed by atoms with Gasteiger partial charge in [0.2, 0.25) is 0 Å². The fourth-order valence-corrected chi connectivity index (χ4v) is 2.35. The van der Waals surface area contributed by atoms with Gasteiger partial charge in [0.1, 0.15) is 5.54 Å². The van der Waals surface area contributed by atoms with Crippen LogP contribution in [0.15, 0.2) is 24.4 Å². The van der Waals surface area contributed by atoms with Gasteiger partial charge in [-0.3, -0.25) is 9.78 Å². The minimum absolute atomic E-state index is 0.127. The standard InChI is InChI=1S/C14H21N3O2/c1-17(9-7-12-4-2-3-8-16-12)10-14(15,13(18)19)11-5-6-11/h2-4,8,11H,5-7,9-10,15H2,1H3,(H,18,19). The van der Waals surface area contributed by atoms with Crippen molar-refractivity contribution >= 4 is 5.97 Å². The second-order valence-electron chi connectivity index (χ2n) is 5.43. The first-order valence-corrected chi connectivity index (χ1v) is 6.63. The number of nitrogens with zero attached hydrogens (tertiary/aromatic N) is 2. The summed E-state index contributed by atoms with van der Waals surface area (Å²) < 4.78 is 0. The van der Waals surface area contributed by atoms with E-state index in [2.05, 4.69) is 4.98 Å². The highest BCUT2D eigenvalue weighted by Crippen LogP contribution is 2.38. The maximum atomic E-state index is 11.3. The van der Waals surface area contributed by atoms with Gasteiger partial charge in [0.25, 0.3) is 0 Å². The highest BCUT2D eigenvalue weighted by molar-refractivity contribution is 5.79. The van der Waals surface area contributed by atoms with Gasteiger partial charge < -0.3 is 15.7 Å². The third-order valence-electron chi connectivity index (χ3n) is 3.71. The van der Waals surface area contributed by atoms with Crippen LogP contribution in [0.3, 0.4) is 0 Å². The van der Waals surface area contributed by atoms with Crippen molar-refractivity contribution in [3.63, 3.8) is 0 Å². The second kappa shape index (κ2) is 5.67. The van der Waals surface area contributed by atoms with E-state index in [1.807, 2.05) is 30.1 Å². The minimum Gasteiger partial charge on any atom is -0.480 e. The quantitative estimate of drug-likeness (QED) is 0.759. The van der Waals surface area contributed by atoms with Crippen molar-refractivity contribution in [1.82, 2.24) is 9.88 Å². The second-order valence-corrected chi connectivity index (χ2v) is 5.43. The zero-order valence-corrected chi connectivity index (χ0v) is 11.2. The van der Waals surface area contributed by atoms with Gasteiger partial charge >= 0.3 is 5.97 Å². The molecule has 104 valence electrons. The summed E-state index contributed by atoms with van der Waals surface area (Å²) in [5.41, 5.74) is 5.97. The van der Waals surface area contributed by atoms with Crippen LogP contribution in [0.4, 0.5) is 0 Å². The van der Waals surface area contributed by atoms with E-state index in [9.17, 15) is 9.90 Å². The Morgan fingerprint density at radius 3 is 2.84 bits per heavy atom. The molecule has 2 rings (SSSR count). The molecule has 0 spiro atoms. The van der Waals surface area contributed by atoms with E-state index in [4.69, 9.17) is 5.73 Å². The number of nitrogens with two attached hydrogens (primary N) is 1. The lowest BCUT2D eigenvalue weighted by atomic mass is 9.94. The molecule has 1 fully saturated rings. The number of hydrogen-bond acceptors (Lipinski definition) is 4. The summed E-state index contributed by atoms with van der Waals surface area (Å²) in [6.45, 7) is 1.15. The fraction of sp³-hybridized carbons (Fsp3) is 0.571. The van der Waals surface area contributed by atoms with Crippen molar-refractivity contribution in [2.24, 2.45) is 11.7 Å². The number of rotatable bonds is 7. The molecule has 1 unspecified atom stereocenters. The predicted octanol–water partition coefficient (Wildman–Crippen LogP) is 0.748. The normalized spacial score (nSPS) is 18.3. The Balaban J connectivity index is 1.86. The van der Waals surface area contributed by atoms with E-state index in [-0.39, 0.29) is 5.92 Å². The fourth-order valence-electron chi connectivity index (χ4n) is 2.35. The molecule has 1 aromatic heterocycles. The molecule has 0 saturated heterocycles. The number of hydrogen-bond donors (Lipinski definition) is 2. The number of likely N-dealkylation sites (N-methyl/N-ethyl adjacent to an activating group) is 1. The molecule has 1 aliphatic carbocycles. The number of carboxylic acid groups (broad SMARTS) is 1. The number of pyridine rings is 1. The van der Waals surface area contributed by atoms with Crippen LogP contribution in [0.25, 0.3) is 0 Å². The summed E-state index contributed by atoms with van der Waals surface area (Å²) in [6.07, 6.45) is 4.43. The maximum Gasteiger partial charge on any atom is 0.325 e. The molecule has 5 heteroatoms. The molecule has 0 aromatic carbocycles. The Hall–Kier alpha value is -1.46. The molecule has 1 aliphatic rings. The van der Waals surface area contributed by atoms with Crippen molar-refractivity contribution < 1.29 is 9.90 Å². The molecule has 0 amide bonds. The summed E-state index contributed by atoms with van der Waals surface area (Å²) in [6, 6.07) is 5.81. The third kappa shape index (κ3) is 3.52. The first-order valence-electron chi connectivity index (χ1n) is 6.63. The number of aliphatic carboxylic acids is 1. The van der Waals surface area contributed by atoms with Gasteiger partial charge in [-0.05, 0) is 37.9 Å². The van der Waals surface area contributed by atoms with Crippen molar-refractivity contribution in [3.05, 3.63) is 30.1 Å². The van der Waals surface area contributed by atoms with Crippen molar-refractivity contribution in [2.45, 2.75) is 24.8 Å². The number of carboxylic acids is 1. The molecule has 0 radical (unpaired) electrons. The lowest BCUT2D eigenvalue weighted by molar-refractivity contribution is -0.145. The van der Waals surface area contributed by atoms with Crippen molar-refractivity contribution in [3.8, 4) is 0 Å². The van der Waals surface area contributed by atoms with E-state index < -0.39 is 11.5 Å². The van der Waals surface area contributed by atoms with Crippen LogP contribution in [0.5, 0.6) is 0 Å². The summed E-state index contributed by atoms with van der Waals surface area (Å²) in [5.74, 6) is -0.762. The van der Waals surface area contributed by atoms with Gasteiger partial charge in [-0.15, -0.1) is 0 Å². The van der Waals surface area contributed by atoms with Crippen LogP contribution in [0.2, 0.25) is 0 Å². The number of aromatic nitrogens is 1. The van der Waals surface area contributed by atoms with Crippen LogP contribution in [-0.4, -0.2) is 46.6 Å². The Morgan fingerprint density at radius 2 is 2.32 bits per heavy atom. The molecule has 0 bridgehead atoms. The van der Waals surface area contributed by atoms with Crippen LogP contribution in [0, 0.1) is 5.92 Å². The Kier molecular flexibility index (Phi) is 4.17. The van der Waals surface area contributed by atoms with E-state index >= 15 is 0 Å². The monoisotopic (exact) mass is 263 g/mol. The summed E-state index contributed by atoms with van der Waals surface area (Å²) in [5, 5.41) is 9.31. The summed E-state index contributed by atoms with van der Waals surface area (Å²) >= 11 is 0. The van der Waals surface area contributed by atoms with Gasteiger partial charge in [0.15, 0.2) is 0 Å². The zero-order chi connectivity index (χ0) is 13.9. The van der Waals surface area contributed by atoms with Crippen LogP contribution in [-0.2, 0) is 11.2 Å². The largest absolute Gasteiger partial charge is 0.480 e. The predicted molar refractivity (Wildman–Crippen MR) is 72.7 cm³/mol. The lowest BCUT2D eigenvalue weighted by Gasteiger charge is -2.30. The molecule has 3 N–H and O–H groups in total. The Labute approximate surface area is 113 Å². The topological polar surface area (TPSA) is 79.5 Å². The molecule has 1 saturated carbocycles. The van der Waals surface area contributed by atoms with Gasteiger partial charge in [-0.1, -0.05) is 6.07 Å². The molecule has 0 aliphatic heterocycles. The van der Waals surface area contributed by atoms with Crippen LogP contribution in [0.1, 0.15) is 18.5 Å². The Morgan fingerprint density at radius 1 is 1.58 bits per heavy atom. The SMILES string of the molecule is CN(CCc1ccccn1)CC(N)(C(=O)O)C1CC1. The maximum absolute atomic E-state index is 11.3. The molecular weight excluding hydrogens is 242 g/mol. The third-order valence-corrected chi connectivity index (χ3v) is 3.71. The van der Waals surface area contributed by atoms with E-state index in [1.54, 1.807) is 6.20 Å². The smallest absolute Gasteiger partial charge is 0.325 e. The lowest BCUT2D eigenvalue weighted by Crippen LogP contribution is -2.57. The van der Waals surface area contributed by atoms with Crippen molar-refractivity contribution in [1.29, 1.82) is 0 Å². The average Bonchev–Trinajstić information content (AvgIpc) is 3.22. The van der Waals surface area contributed by atoms with Crippen molar-refractivity contribution in [2.75, 3.05) is 20.1 Å². The first kappa shape index (κ1) is 14.0. The Bertz CT molecular complexity index is 434. The molecule has 5 nitrogen and oxygen atoms in total. The van der Waals surface area contributed by atoms with Gasteiger partial charge in [-0.25, -0.2) is 0 Å². The average molecular weight is 263 g/mol. The molecule has 1 heterocycles. The molecule has 19 heavy (non-hydrogen) atoms. The highest BCUT2D eigenvalue weighted by Gasteiger charge is 2.48. The molecular formula is C14H21N3O2. The molecule has 1 aromatic rings. The van der Waals surface area contributed by atoms with Crippen LogP contribution < -0.4 is 5.73 Å². The van der Waals surface area contributed by atoms with Gasteiger partial charge in [-0.2, -0.15) is 0 Å².